The van der Waals surface area contributed by atoms with Gasteiger partial charge < -0.3 is 10.6 Å². The molecule has 2 N–H and O–H groups in total. The number of carbonyl (C=O) groups excluding carboxylic acids is 2. The van der Waals surface area contributed by atoms with Gasteiger partial charge in [-0.1, -0.05) is 34.8 Å². The highest BCUT2D eigenvalue weighted by atomic mass is 35.5. The molecule has 0 radical (unpaired) electrons. The standard InChI is InChI=1S/C11H11Cl3N2O2S/c1-5(17)15-10(4-19)11(18)16-9-3-7(13)6(12)2-8(9)14/h2-3,10,19H,4H2,1H3,(H,15,17)(H,16,18). The highest BCUT2D eigenvalue weighted by Gasteiger charge is 2.19. The zero-order chi connectivity index (χ0) is 14.6. The number of nitrogens with one attached hydrogen (secondary N) is 2. The van der Waals surface area contributed by atoms with Gasteiger partial charge in [0.05, 0.1) is 20.8 Å². The highest BCUT2D eigenvalue weighted by molar-refractivity contribution is 7.80. The van der Waals surface area contributed by atoms with Crippen LogP contribution >= 0.6 is 47.4 Å². The minimum absolute atomic E-state index is 0.157. The lowest BCUT2D eigenvalue weighted by molar-refractivity contribution is -0.124. The van der Waals surface area contributed by atoms with Gasteiger partial charge in [0.15, 0.2) is 0 Å². The average Bonchev–Trinajstić information content (AvgIpc) is 2.32. The Morgan fingerprint density at radius 1 is 1.21 bits per heavy atom. The minimum Gasteiger partial charge on any atom is -0.344 e. The van der Waals surface area contributed by atoms with E-state index in [9.17, 15) is 9.59 Å². The van der Waals surface area contributed by atoms with Crippen LogP contribution in [0.25, 0.3) is 0 Å². The molecule has 1 atom stereocenters. The first-order valence-electron chi connectivity index (χ1n) is 5.18. The molecule has 1 rings (SSSR count). The first-order chi connectivity index (χ1) is 8.85. The van der Waals surface area contributed by atoms with E-state index in [1.54, 1.807) is 0 Å². The maximum Gasteiger partial charge on any atom is 0.247 e. The Hall–Kier alpha value is -0.620. The molecule has 0 aromatic heterocycles. The summed E-state index contributed by atoms with van der Waals surface area (Å²) in [7, 11) is 0. The number of rotatable bonds is 4. The summed E-state index contributed by atoms with van der Waals surface area (Å²) in [4.78, 5) is 22.9. The van der Waals surface area contributed by atoms with E-state index in [-0.39, 0.29) is 26.7 Å². The molecule has 0 aliphatic carbocycles. The number of halogens is 3. The predicted molar refractivity (Wildman–Crippen MR) is 81.6 cm³/mol. The van der Waals surface area contributed by atoms with E-state index >= 15 is 0 Å². The van der Waals surface area contributed by atoms with Gasteiger partial charge in [-0.05, 0) is 12.1 Å². The lowest BCUT2D eigenvalue weighted by atomic mass is 10.2. The molecule has 0 saturated heterocycles. The molecule has 0 fully saturated rings. The first-order valence-corrected chi connectivity index (χ1v) is 6.95. The van der Waals surface area contributed by atoms with E-state index in [0.29, 0.717) is 5.69 Å². The lowest BCUT2D eigenvalue weighted by Gasteiger charge is -2.16. The molecule has 0 bridgehead atoms. The summed E-state index contributed by atoms with van der Waals surface area (Å²) in [5.74, 6) is -0.607. The van der Waals surface area contributed by atoms with E-state index in [4.69, 9.17) is 34.8 Å². The van der Waals surface area contributed by atoms with E-state index in [0.717, 1.165) is 0 Å². The van der Waals surface area contributed by atoms with Gasteiger partial charge in [-0.2, -0.15) is 12.6 Å². The van der Waals surface area contributed by atoms with Gasteiger partial charge in [-0.15, -0.1) is 0 Å². The fourth-order valence-electron chi connectivity index (χ4n) is 1.28. The van der Waals surface area contributed by atoms with Crippen LogP contribution in [0.2, 0.25) is 15.1 Å². The first kappa shape index (κ1) is 16.4. The van der Waals surface area contributed by atoms with Crippen molar-refractivity contribution >= 4 is 64.9 Å². The molecule has 0 aliphatic heterocycles. The Kier molecular flexibility index (Phi) is 6.26. The van der Waals surface area contributed by atoms with Gasteiger partial charge in [0, 0.05) is 12.7 Å². The molecule has 0 saturated carbocycles. The van der Waals surface area contributed by atoms with Crippen molar-refractivity contribution in [2.24, 2.45) is 0 Å². The molecule has 0 aliphatic rings. The predicted octanol–water partition coefficient (Wildman–Crippen LogP) is 3.02. The second kappa shape index (κ2) is 7.24. The summed E-state index contributed by atoms with van der Waals surface area (Å²) >= 11 is 21.6. The zero-order valence-corrected chi connectivity index (χ0v) is 13.0. The van der Waals surface area contributed by atoms with Crippen LogP contribution in [0.5, 0.6) is 0 Å². The maximum absolute atomic E-state index is 11.9. The van der Waals surface area contributed by atoms with Crippen LogP contribution in [0.3, 0.4) is 0 Å². The van der Waals surface area contributed by atoms with Crippen molar-refractivity contribution in [2.75, 3.05) is 11.1 Å². The Morgan fingerprint density at radius 3 is 2.32 bits per heavy atom. The number of amides is 2. The molecule has 1 aromatic rings. The van der Waals surface area contributed by atoms with Crippen LogP contribution in [0.15, 0.2) is 12.1 Å². The topological polar surface area (TPSA) is 58.2 Å². The van der Waals surface area contributed by atoms with E-state index in [1.807, 2.05) is 0 Å². The average molecular weight is 342 g/mol. The normalized spacial score (nSPS) is 11.8. The molecule has 104 valence electrons. The quantitative estimate of drug-likeness (QED) is 0.582. The summed E-state index contributed by atoms with van der Waals surface area (Å²) in [6.45, 7) is 1.32. The molecule has 2 amide bonds. The number of hydrogen-bond donors (Lipinski definition) is 3. The summed E-state index contributed by atoms with van der Waals surface area (Å²) in [6.07, 6.45) is 0. The third-order valence-electron chi connectivity index (χ3n) is 2.14. The minimum atomic E-state index is -0.758. The third-order valence-corrected chi connectivity index (χ3v) is 3.54. The number of hydrogen-bond acceptors (Lipinski definition) is 3. The molecule has 4 nitrogen and oxygen atoms in total. The van der Waals surface area contributed by atoms with Crippen molar-refractivity contribution < 1.29 is 9.59 Å². The second-order valence-electron chi connectivity index (χ2n) is 3.67. The lowest BCUT2D eigenvalue weighted by Crippen LogP contribution is -2.44. The fraction of sp³-hybridized carbons (Fsp3) is 0.273. The monoisotopic (exact) mass is 340 g/mol. The molecule has 0 spiro atoms. The number of anilines is 1. The van der Waals surface area contributed by atoms with E-state index in [1.165, 1.54) is 19.1 Å². The van der Waals surface area contributed by atoms with Crippen molar-refractivity contribution in [3.05, 3.63) is 27.2 Å². The largest absolute Gasteiger partial charge is 0.344 e. The van der Waals surface area contributed by atoms with Crippen LogP contribution in [0, 0.1) is 0 Å². The summed E-state index contributed by atoms with van der Waals surface area (Å²) in [5.41, 5.74) is 0.318. The van der Waals surface area contributed by atoms with Crippen LogP contribution < -0.4 is 10.6 Å². The van der Waals surface area contributed by atoms with Gasteiger partial charge in [0.2, 0.25) is 11.8 Å². The number of thiol groups is 1. The van der Waals surface area contributed by atoms with Crippen LogP contribution in [0.1, 0.15) is 6.92 Å². The smallest absolute Gasteiger partial charge is 0.247 e. The van der Waals surface area contributed by atoms with E-state index < -0.39 is 11.9 Å². The Labute approximate surface area is 131 Å². The van der Waals surface area contributed by atoms with E-state index in [2.05, 4.69) is 23.3 Å². The Morgan fingerprint density at radius 2 is 1.79 bits per heavy atom. The van der Waals surface area contributed by atoms with Crippen molar-refractivity contribution in [3.8, 4) is 0 Å². The molecule has 19 heavy (non-hydrogen) atoms. The van der Waals surface area contributed by atoms with Crippen LogP contribution in [-0.4, -0.2) is 23.6 Å². The van der Waals surface area contributed by atoms with Gasteiger partial charge in [0.1, 0.15) is 6.04 Å². The SMILES string of the molecule is CC(=O)NC(CS)C(=O)Nc1cc(Cl)c(Cl)cc1Cl. The molecule has 0 heterocycles. The molecular weight excluding hydrogens is 331 g/mol. The van der Waals surface area contributed by atoms with Crippen molar-refractivity contribution in [1.82, 2.24) is 5.32 Å². The molecule has 8 heteroatoms. The van der Waals surface area contributed by atoms with Crippen LogP contribution in [0.4, 0.5) is 5.69 Å². The highest BCUT2D eigenvalue weighted by Crippen LogP contribution is 2.32. The van der Waals surface area contributed by atoms with Gasteiger partial charge >= 0.3 is 0 Å². The van der Waals surface area contributed by atoms with Crippen molar-refractivity contribution in [2.45, 2.75) is 13.0 Å². The summed E-state index contributed by atoms with van der Waals surface area (Å²) < 4.78 is 0. The molecular formula is C11H11Cl3N2O2S. The van der Waals surface area contributed by atoms with Gasteiger partial charge in [0.25, 0.3) is 0 Å². The Bertz CT molecular complexity index is 511. The maximum atomic E-state index is 11.9. The molecule has 1 unspecified atom stereocenters. The zero-order valence-electron chi connectivity index (χ0n) is 9.84. The number of carbonyl (C=O) groups is 2. The summed E-state index contributed by atoms with van der Waals surface area (Å²) in [6, 6.07) is 2.11. The van der Waals surface area contributed by atoms with Gasteiger partial charge in [-0.3, -0.25) is 9.59 Å². The van der Waals surface area contributed by atoms with Crippen molar-refractivity contribution in [1.29, 1.82) is 0 Å². The Balaban J connectivity index is 2.86. The third kappa shape index (κ3) is 4.76. The molecule has 1 aromatic carbocycles. The number of benzene rings is 1. The summed E-state index contributed by atoms with van der Waals surface area (Å²) in [5, 5.41) is 5.83. The fourth-order valence-corrected chi connectivity index (χ4v) is 2.13. The van der Waals surface area contributed by atoms with Crippen LogP contribution in [-0.2, 0) is 9.59 Å². The second-order valence-corrected chi connectivity index (χ2v) is 5.26. The van der Waals surface area contributed by atoms with Crippen molar-refractivity contribution in [3.63, 3.8) is 0 Å². The van der Waals surface area contributed by atoms with Gasteiger partial charge in [-0.25, -0.2) is 0 Å².